The van der Waals surface area contributed by atoms with Gasteiger partial charge in [-0.25, -0.2) is 4.57 Å². The number of hydrogen-bond donors (Lipinski definition) is 3. The monoisotopic (exact) mass is 890 g/mol. The number of carboxylic acid groups (broad SMARTS) is 1. The molecular weight excluding hydrogens is 794 g/mol. The summed E-state index contributed by atoms with van der Waals surface area (Å²) in [6.45, 7) is 2.87. The fourth-order valence-corrected chi connectivity index (χ4v) is 8.38. The van der Waals surface area contributed by atoms with Crippen LogP contribution in [0.15, 0.2) is 0 Å². The summed E-state index contributed by atoms with van der Waals surface area (Å²) in [5.74, 6) is -2.35. The summed E-state index contributed by atoms with van der Waals surface area (Å²) in [4.78, 5) is 46.1. The quantitative estimate of drug-likeness (QED) is 0.0301. The van der Waals surface area contributed by atoms with Crippen molar-refractivity contribution in [1.82, 2.24) is 0 Å². The first-order chi connectivity index (χ1) is 29.6. The van der Waals surface area contributed by atoms with Gasteiger partial charge in [-0.3, -0.25) is 23.4 Å². The summed E-state index contributed by atoms with van der Waals surface area (Å²) in [6.07, 6.45) is 45.9. The summed E-state index contributed by atoms with van der Waals surface area (Å²) >= 11 is 0. The maximum Gasteiger partial charge on any atom is 0.472 e. The lowest BCUT2D eigenvalue weighted by Crippen LogP contribution is -2.34. The van der Waals surface area contributed by atoms with Crippen LogP contribution < -0.4 is 5.73 Å². The molecule has 12 heteroatoms. The van der Waals surface area contributed by atoms with Crippen LogP contribution in [-0.4, -0.2) is 59.9 Å². The Labute approximate surface area is 374 Å². The van der Waals surface area contributed by atoms with Gasteiger partial charge in [-0.1, -0.05) is 239 Å². The Bertz CT molecular complexity index is 1050. The minimum absolute atomic E-state index is 0.170. The van der Waals surface area contributed by atoms with Gasteiger partial charge < -0.3 is 25.2 Å². The summed E-state index contributed by atoms with van der Waals surface area (Å²) in [6, 6.07) is -1.52. The third-order valence-corrected chi connectivity index (χ3v) is 12.6. The van der Waals surface area contributed by atoms with Crippen molar-refractivity contribution in [3.05, 3.63) is 0 Å². The van der Waals surface area contributed by atoms with Crippen LogP contribution >= 0.6 is 7.82 Å². The van der Waals surface area contributed by atoms with Crippen molar-refractivity contribution in [1.29, 1.82) is 0 Å². The molecule has 11 nitrogen and oxygen atoms in total. The Morgan fingerprint density at radius 3 is 1.03 bits per heavy atom. The van der Waals surface area contributed by atoms with E-state index in [1.165, 1.54) is 186 Å². The fourth-order valence-electron chi connectivity index (χ4n) is 7.60. The van der Waals surface area contributed by atoms with E-state index >= 15 is 0 Å². The highest BCUT2D eigenvalue weighted by Crippen LogP contribution is 2.43. The van der Waals surface area contributed by atoms with E-state index in [2.05, 4.69) is 18.4 Å². The predicted octanol–water partition coefficient (Wildman–Crippen LogP) is 14.2. The zero-order valence-corrected chi connectivity index (χ0v) is 40.4. The molecular formula is C49H96NO10P. The number of unbranched alkanes of at least 4 members (excludes halogenated alkanes) is 35. The number of hydrogen-bond acceptors (Lipinski definition) is 9. The van der Waals surface area contributed by atoms with E-state index in [0.29, 0.717) is 12.8 Å². The molecule has 0 aromatic carbocycles. The van der Waals surface area contributed by atoms with Crippen molar-refractivity contribution in [2.45, 2.75) is 276 Å². The highest BCUT2D eigenvalue weighted by molar-refractivity contribution is 7.47. The second-order valence-electron chi connectivity index (χ2n) is 17.7. The Morgan fingerprint density at radius 1 is 0.443 bits per heavy atom. The molecule has 3 unspecified atom stereocenters. The van der Waals surface area contributed by atoms with Crippen molar-refractivity contribution in [2.24, 2.45) is 5.73 Å². The van der Waals surface area contributed by atoms with Gasteiger partial charge in [-0.05, 0) is 12.8 Å². The van der Waals surface area contributed by atoms with E-state index in [-0.39, 0.29) is 19.4 Å². The number of ether oxygens (including phenoxy) is 2. The van der Waals surface area contributed by atoms with Crippen molar-refractivity contribution in [3.8, 4) is 0 Å². The molecule has 0 radical (unpaired) electrons. The second kappa shape index (κ2) is 45.1. The smallest absolute Gasteiger partial charge is 0.472 e. The molecule has 0 aromatic rings. The molecule has 0 amide bonds. The van der Waals surface area contributed by atoms with Gasteiger partial charge in [-0.15, -0.1) is 0 Å². The number of carboxylic acids is 1. The van der Waals surface area contributed by atoms with E-state index in [1.54, 1.807) is 0 Å². The topological polar surface area (TPSA) is 172 Å². The van der Waals surface area contributed by atoms with Crippen molar-refractivity contribution < 1.29 is 47.5 Å². The van der Waals surface area contributed by atoms with Crippen LogP contribution in [0.25, 0.3) is 0 Å². The maximum atomic E-state index is 12.7. The van der Waals surface area contributed by atoms with E-state index in [9.17, 15) is 23.8 Å². The average Bonchev–Trinajstić information content (AvgIpc) is 3.24. The van der Waals surface area contributed by atoms with Gasteiger partial charge in [-0.2, -0.15) is 0 Å². The van der Waals surface area contributed by atoms with Crippen LogP contribution in [0, 0.1) is 0 Å². The highest BCUT2D eigenvalue weighted by Gasteiger charge is 2.28. The van der Waals surface area contributed by atoms with Crippen molar-refractivity contribution in [2.75, 3.05) is 19.8 Å². The number of carbonyl (C=O) groups excluding carboxylic acids is 2. The summed E-state index contributed by atoms with van der Waals surface area (Å²) in [5, 5.41) is 8.91. The standard InChI is InChI=1S/C49H96NO10P/c1-3-5-7-9-11-13-15-17-19-20-21-22-23-24-25-27-29-31-33-35-37-39-41-48(52)60-45(43-58-61(55,56)59-44-46(50)49(53)54)42-57-47(51)40-38-36-34-32-30-28-26-18-16-14-12-10-8-6-4-2/h45-46H,3-44,50H2,1-2H3,(H,53,54)(H,55,56). The summed E-state index contributed by atoms with van der Waals surface area (Å²) in [7, 11) is -4.71. The normalized spacial score (nSPS) is 13.5. The lowest BCUT2D eigenvalue weighted by molar-refractivity contribution is -0.161. The number of aliphatic carboxylic acids is 1. The largest absolute Gasteiger partial charge is 0.480 e. The van der Waals surface area contributed by atoms with E-state index in [1.807, 2.05) is 0 Å². The molecule has 0 saturated heterocycles. The zero-order valence-electron chi connectivity index (χ0n) is 39.5. The zero-order chi connectivity index (χ0) is 44.9. The number of phosphoric ester groups is 1. The summed E-state index contributed by atoms with van der Waals surface area (Å²) in [5.41, 5.74) is 5.35. The molecule has 0 aliphatic carbocycles. The van der Waals surface area contributed by atoms with Gasteiger partial charge >= 0.3 is 25.7 Å². The molecule has 0 rings (SSSR count). The lowest BCUT2D eigenvalue weighted by atomic mass is 10.0. The Morgan fingerprint density at radius 2 is 0.721 bits per heavy atom. The molecule has 0 bridgehead atoms. The minimum atomic E-state index is -4.71. The lowest BCUT2D eigenvalue weighted by Gasteiger charge is -2.20. The Hall–Kier alpha value is -1.52. The van der Waals surface area contributed by atoms with E-state index in [0.717, 1.165) is 38.5 Å². The molecule has 0 aromatic heterocycles. The van der Waals surface area contributed by atoms with Crippen molar-refractivity contribution in [3.63, 3.8) is 0 Å². The molecule has 3 atom stereocenters. The predicted molar refractivity (Wildman–Crippen MR) is 250 cm³/mol. The number of nitrogens with two attached hydrogens (primary N) is 1. The van der Waals surface area contributed by atoms with E-state index < -0.39 is 51.1 Å². The molecule has 0 aliphatic heterocycles. The van der Waals surface area contributed by atoms with Gasteiger partial charge in [0.05, 0.1) is 13.2 Å². The van der Waals surface area contributed by atoms with Crippen LogP contribution in [-0.2, 0) is 37.5 Å². The molecule has 4 N–H and O–H groups in total. The molecule has 0 aliphatic rings. The second-order valence-corrected chi connectivity index (χ2v) is 19.1. The van der Waals surface area contributed by atoms with Gasteiger partial charge in [0, 0.05) is 12.8 Å². The number of phosphoric acid groups is 1. The highest BCUT2D eigenvalue weighted by atomic mass is 31.2. The average molecular weight is 890 g/mol. The third kappa shape index (κ3) is 44.9. The Kier molecular flexibility index (Phi) is 43.9. The fraction of sp³-hybridized carbons (Fsp3) is 0.939. The molecule has 0 heterocycles. The molecule has 362 valence electrons. The summed E-state index contributed by atoms with van der Waals surface area (Å²) < 4.78 is 32.8. The van der Waals surface area contributed by atoms with Crippen molar-refractivity contribution >= 4 is 25.7 Å². The molecule has 0 saturated carbocycles. The Balaban J connectivity index is 4.17. The SMILES string of the molecule is CCCCCCCCCCCCCCCCCCCCCCCCC(=O)OC(COC(=O)CCCCCCCCCCCCCCCCC)COP(=O)(O)OCC(N)C(=O)O. The van der Waals surface area contributed by atoms with E-state index in [4.69, 9.17) is 24.8 Å². The van der Waals surface area contributed by atoms with Crippen LogP contribution in [0.5, 0.6) is 0 Å². The first-order valence-electron chi connectivity index (χ1n) is 25.6. The molecule has 0 spiro atoms. The maximum absolute atomic E-state index is 12.7. The third-order valence-electron chi connectivity index (χ3n) is 11.6. The van der Waals surface area contributed by atoms with Gasteiger partial charge in [0.25, 0.3) is 0 Å². The van der Waals surface area contributed by atoms with Gasteiger partial charge in [0.1, 0.15) is 12.6 Å². The minimum Gasteiger partial charge on any atom is -0.480 e. The number of rotatable bonds is 49. The first kappa shape index (κ1) is 59.5. The molecule has 61 heavy (non-hydrogen) atoms. The van der Waals surface area contributed by atoms with Crippen LogP contribution in [0.3, 0.4) is 0 Å². The first-order valence-corrected chi connectivity index (χ1v) is 27.1. The number of esters is 2. The van der Waals surface area contributed by atoms with Gasteiger partial charge in [0.15, 0.2) is 6.10 Å². The van der Waals surface area contributed by atoms with Gasteiger partial charge in [0.2, 0.25) is 0 Å². The van der Waals surface area contributed by atoms with Crippen LogP contribution in [0.2, 0.25) is 0 Å². The number of carbonyl (C=O) groups is 3. The van der Waals surface area contributed by atoms with Crippen LogP contribution in [0.1, 0.15) is 264 Å². The van der Waals surface area contributed by atoms with Crippen LogP contribution in [0.4, 0.5) is 0 Å². The molecule has 0 fully saturated rings.